The van der Waals surface area contributed by atoms with Gasteiger partial charge in [-0.1, -0.05) is 35.3 Å². The molecule has 3 N–H and O–H groups in total. The first-order valence-electron chi connectivity index (χ1n) is 12.5. The molecule has 3 aromatic rings. The predicted octanol–water partition coefficient (Wildman–Crippen LogP) is 3.25. The molecule has 1 aliphatic heterocycles. The van der Waals surface area contributed by atoms with E-state index in [-0.39, 0.29) is 34.0 Å². The van der Waals surface area contributed by atoms with E-state index in [1.165, 1.54) is 48.4 Å². The van der Waals surface area contributed by atoms with Gasteiger partial charge >= 0.3 is 0 Å². The minimum atomic E-state index is -4.41. The van der Waals surface area contributed by atoms with Crippen LogP contribution in [0.4, 0.5) is 11.6 Å². The largest absolute Gasteiger partial charge is 0.389 e. The number of nitrogens with zero attached hydrogens (tertiary/aromatic N) is 4. The number of nitriles is 1. The van der Waals surface area contributed by atoms with Crippen LogP contribution in [0.3, 0.4) is 0 Å². The average Bonchev–Trinajstić information content (AvgIpc) is 3.40. The fraction of sp³-hybridized carbons (Fsp3) is 0.333. The molecule has 0 radical (unpaired) electrons. The van der Waals surface area contributed by atoms with Crippen molar-refractivity contribution in [3.8, 4) is 6.07 Å². The van der Waals surface area contributed by atoms with Gasteiger partial charge in [-0.2, -0.15) is 9.98 Å². The SMILES string of the molecule is C[C@H](NS(=O)(=O)c1cnc2n1[C@](C)(Cc1ccc(C#N)cc1)C(=O)N2c1cc(Cl)cc(Cl)c1)C(=O)NCC(C)(C)O. The molecule has 216 valence electrons. The van der Waals surface area contributed by atoms with Crippen molar-refractivity contribution in [3.05, 3.63) is 69.8 Å². The number of nitrogens with one attached hydrogen (secondary N) is 2. The number of halogens is 2. The average molecular weight is 620 g/mol. The molecule has 0 bridgehead atoms. The van der Waals surface area contributed by atoms with Gasteiger partial charge in [0.15, 0.2) is 5.03 Å². The molecule has 14 heteroatoms. The molecule has 0 saturated carbocycles. The molecule has 1 aliphatic rings. The summed E-state index contributed by atoms with van der Waals surface area (Å²) < 4.78 is 30.9. The van der Waals surface area contributed by atoms with E-state index in [0.29, 0.717) is 16.8 Å². The third kappa shape index (κ3) is 6.24. The smallest absolute Gasteiger partial charge is 0.260 e. The summed E-state index contributed by atoms with van der Waals surface area (Å²) in [6.07, 6.45) is 1.16. The minimum Gasteiger partial charge on any atom is -0.389 e. The Kier molecular flexibility index (Phi) is 8.23. The second-order valence-electron chi connectivity index (χ2n) is 10.6. The normalized spacial score (nSPS) is 17.7. The number of aromatic nitrogens is 2. The van der Waals surface area contributed by atoms with Crippen molar-refractivity contribution in [2.24, 2.45) is 0 Å². The zero-order valence-corrected chi connectivity index (χ0v) is 25.0. The number of carbonyl (C=O) groups excluding carboxylic acids is 2. The Morgan fingerprint density at radius 2 is 1.80 bits per heavy atom. The summed E-state index contributed by atoms with van der Waals surface area (Å²) in [5, 5.41) is 21.7. The Bertz CT molecular complexity index is 1640. The summed E-state index contributed by atoms with van der Waals surface area (Å²) >= 11 is 12.4. The van der Waals surface area contributed by atoms with E-state index in [1.807, 2.05) is 6.07 Å². The van der Waals surface area contributed by atoms with E-state index in [9.17, 15) is 23.1 Å². The Hall–Kier alpha value is -3.47. The second kappa shape index (κ2) is 11.1. The van der Waals surface area contributed by atoms with Gasteiger partial charge in [0.1, 0.15) is 5.54 Å². The van der Waals surface area contributed by atoms with E-state index >= 15 is 0 Å². The Labute approximate surface area is 247 Å². The molecule has 0 fully saturated rings. The lowest BCUT2D eigenvalue weighted by molar-refractivity contribution is -0.124. The van der Waals surface area contributed by atoms with E-state index in [4.69, 9.17) is 28.5 Å². The van der Waals surface area contributed by atoms with E-state index in [0.717, 1.165) is 6.20 Å². The maximum absolute atomic E-state index is 14.1. The van der Waals surface area contributed by atoms with Crippen molar-refractivity contribution in [3.63, 3.8) is 0 Å². The van der Waals surface area contributed by atoms with Gasteiger partial charge in [0.05, 0.1) is 35.2 Å². The monoisotopic (exact) mass is 618 g/mol. The van der Waals surface area contributed by atoms with E-state index in [2.05, 4.69) is 15.0 Å². The molecule has 2 heterocycles. The van der Waals surface area contributed by atoms with Crippen molar-refractivity contribution in [2.45, 2.75) is 56.3 Å². The number of rotatable bonds is 9. The number of aliphatic hydroxyl groups is 1. The zero-order chi connectivity index (χ0) is 30.3. The Morgan fingerprint density at radius 3 is 2.37 bits per heavy atom. The van der Waals surface area contributed by atoms with Crippen molar-refractivity contribution in [1.82, 2.24) is 19.6 Å². The molecule has 2 aromatic carbocycles. The van der Waals surface area contributed by atoms with Crippen LogP contribution < -0.4 is 14.9 Å². The highest BCUT2D eigenvalue weighted by Crippen LogP contribution is 2.44. The highest BCUT2D eigenvalue weighted by atomic mass is 35.5. The van der Waals surface area contributed by atoms with Crippen LogP contribution in [-0.2, 0) is 31.6 Å². The number of anilines is 2. The number of hydrogen-bond acceptors (Lipinski definition) is 7. The van der Waals surface area contributed by atoms with Crippen LogP contribution >= 0.6 is 23.2 Å². The van der Waals surface area contributed by atoms with Gasteiger partial charge in [0, 0.05) is 23.0 Å². The van der Waals surface area contributed by atoms with Crippen LogP contribution in [0, 0.1) is 11.3 Å². The molecule has 4 rings (SSSR count). The molecule has 41 heavy (non-hydrogen) atoms. The molecule has 0 unspecified atom stereocenters. The van der Waals surface area contributed by atoms with Crippen LogP contribution in [0.25, 0.3) is 0 Å². The predicted molar refractivity (Wildman–Crippen MR) is 153 cm³/mol. The molecule has 2 amide bonds. The highest BCUT2D eigenvalue weighted by Gasteiger charge is 2.52. The van der Waals surface area contributed by atoms with Crippen molar-refractivity contribution < 1.29 is 23.1 Å². The summed E-state index contributed by atoms with van der Waals surface area (Å²) in [5.74, 6) is -1.12. The molecule has 0 spiro atoms. The van der Waals surface area contributed by atoms with Crippen molar-refractivity contribution in [2.75, 3.05) is 11.4 Å². The molecular weight excluding hydrogens is 591 g/mol. The summed E-state index contributed by atoms with van der Waals surface area (Å²) in [7, 11) is -4.41. The van der Waals surface area contributed by atoms with E-state index < -0.39 is 39.0 Å². The summed E-state index contributed by atoms with van der Waals surface area (Å²) in [5.41, 5.74) is -1.30. The highest BCUT2D eigenvalue weighted by molar-refractivity contribution is 7.89. The van der Waals surface area contributed by atoms with Crippen LogP contribution in [0.2, 0.25) is 10.0 Å². The second-order valence-corrected chi connectivity index (χ2v) is 13.2. The Morgan fingerprint density at radius 1 is 1.20 bits per heavy atom. The number of carbonyl (C=O) groups is 2. The first kappa shape index (κ1) is 30.5. The standard InChI is InChI=1S/C27H28Cl2N6O5S/c1-16(23(36)32-15-26(2,3)38)33-41(39,40)22-14-31-25-34(21-10-19(28)9-20(29)11-21)24(37)27(4,35(22)25)12-17-5-7-18(13-30)8-6-17/h5-11,14,16,33,38H,12,15H2,1-4H3,(H,32,36)/t16-,27+/m0/s1. The van der Waals surface area contributed by atoms with Gasteiger partial charge in [-0.15, -0.1) is 0 Å². The molecule has 11 nitrogen and oxygen atoms in total. The lowest BCUT2D eigenvalue weighted by Crippen LogP contribution is -2.49. The van der Waals surface area contributed by atoms with Gasteiger partial charge in [0.25, 0.3) is 15.9 Å². The third-order valence-corrected chi connectivity index (χ3v) is 8.44. The number of amides is 2. The number of sulfonamides is 1. The zero-order valence-electron chi connectivity index (χ0n) is 22.6. The van der Waals surface area contributed by atoms with Gasteiger partial charge in [-0.25, -0.2) is 18.3 Å². The van der Waals surface area contributed by atoms with Crippen LogP contribution in [0.1, 0.15) is 38.8 Å². The first-order chi connectivity index (χ1) is 19.1. The maximum atomic E-state index is 14.1. The summed E-state index contributed by atoms with van der Waals surface area (Å²) in [4.78, 5) is 32.2. The van der Waals surface area contributed by atoms with Gasteiger partial charge in [-0.3, -0.25) is 14.2 Å². The molecule has 0 saturated heterocycles. The fourth-order valence-corrected chi connectivity index (χ4v) is 6.44. The third-order valence-electron chi connectivity index (χ3n) is 6.50. The molecule has 2 atom stereocenters. The number of fused-ring (bicyclic) bond motifs is 1. The first-order valence-corrected chi connectivity index (χ1v) is 14.7. The molecular formula is C27H28Cl2N6O5S. The topological polar surface area (TPSA) is 157 Å². The lowest BCUT2D eigenvalue weighted by atomic mass is 9.91. The number of benzene rings is 2. The summed E-state index contributed by atoms with van der Waals surface area (Å²) in [6, 6.07) is 11.9. The minimum absolute atomic E-state index is 0.0176. The summed E-state index contributed by atoms with van der Waals surface area (Å²) in [6.45, 7) is 5.86. The lowest BCUT2D eigenvalue weighted by Gasteiger charge is -2.27. The molecule has 1 aromatic heterocycles. The number of hydrogen-bond donors (Lipinski definition) is 3. The quantitative estimate of drug-likeness (QED) is 0.332. The van der Waals surface area contributed by atoms with Crippen LogP contribution in [0.5, 0.6) is 0 Å². The Balaban J connectivity index is 1.79. The fourth-order valence-electron chi connectivity index (χ4n) is 4.52. The van der Waals surface area contributed by atoms with Gasteiger partial charge < -0.3 is 10.4 Å². The van der Waals surface area contributed by atoms with E-state index in [1.54, 1.807) is 31.2 Å². The molecule has 0 aliphatic carbocycles. The van der Waals surface area contributed by atoms with Crippen molar-refractivity contribution >= 4 is 56.7 Å². The van der Waals surface area contributed by atoms with Gasteiger partial charge in [0.2, 0.25) is 11.9 Å². The maximum Gasteiger partial charge on any atom is 0.260 e. The van der Waals surface area contributed by atoms with Crippen molar-refractivity contribution in [1.29, 1.82) is 5.26 Å². The van der Waals surface area contributed by atoms with Gasteiger partial charge in [-0.05, 0) is 63.6 Å². The van der Waals surface area contributed by atoms with Crippen LogP contribution in [-0.4, -0.2) is 53.1 Å². The van der Waals surface area contributed by atoms with Crippen LogP contribution in [0.15, 0.2) is 53.7 Å². The number of imidazole rings is 1.